The Balaban J connectivity index is 1.65. The highest BCUT2D eigenvalue weighted by atomic mass is 35.5. The third-order valence-electron chi connectivity index (χ3n) is 5.73. The van der Waals surface area contributed by atoms with Gasteiger partial charge in [0.25, 0.3) is 5.91 Å². The number of benzene rings is 2. The Morgan fingerprint density at radius 3 is 2.66 bits per heavy atom. The summed E-state index contributed by atoms with van der Waals surface area (Å²) in [5.74, 6) is 0.430. The van der Waals surface area contributed by atoms with Crippen molar-refractivity contribution in [3.63, 3.8) is 0 Å². The van der Waals surface area contributed by atoms with Crippen molar-refractivity contribution in [1.82, 2.24) is 4.90 Å². The fourth-order valence-corrected chi connectivity index (χ4v) is 5.07. The summed E-state index contributed by atoms with van der Waals surface area (Å²) in [6, 6.07) is 14.3. The maximum Gasteiger partial charge on any atom is 0.271 e. The molecule has 0 radical (unpaired) electrons. The zero-order valence-corrected chi connectivity index (χ0v) is 19.8. The number of carbonyl (C=O) groups is 2. The van der Waals surface area contributed by atoms with Crippen molar-refractivity contribution in [2.24, 2.45) is 15.9 Å². The molecule has 166 valence electrons. The fraction of sp³-hybridized carbons (Fsp3) is 0.333. The van der Waals surface area contributed by atoms with E-state index in [-0.39, 0.29) is 17.7 Å². The van der Waals surface area contributed by atoms with Gasteiger partial charge in [0.1, 0.15) is 11.9 Å². The molecular weight excluding hydrogens is 444 g/mol. The molecule has 0 aromatic heterocycles. The summed E-state index contributed by atoms with van der Waals surface area (Å²) in [5.41, 5.74) is 2.24. The normalized spacial score (nSPS) is 18.9. The van der Waals surface area contributed by atoms with E-state index < -0.39 is 11.3 Å². The van der Waals surface area contributed by atoms with Crippen LogP contribution in [-0.2, 0) is 9.59 Å². The van der Waals surface area contributed by atoms with Gasteiger partial charge >= 0.3 is 0 Å². The Kier molecular flexibility index (Phi) is 6.67. The number of amides is 2. The van der Waals surface area contributed by atoms with Crippen LogP contribution >= 0.6 is 23.4 Å². The first-order chi connectivity index (χ1) is 15.4. The van der Waals surface area contributed by atoms with E-state index in [2.05, 4.69) is 17.2 Å². The lowest BCUT2D eigenvalue weighted by Gasteiger charge is -2.34. The molecule has 0 saturated heterocycles. The van der Waals surface area contributed by atoms with Crippen molar-refractivity contribution < 1.29 is 9.59 Å². The predicted octanol–water partition coefficient (Wildman–Crippen LogP) is 5.50. The highest BCUT2D eigenvalue weighted by Gasteiger charge is 2.44. The van der Waals surface area contributed by atoms with Gasteiger partial charge in [-0.1, -0.05) is 68.8 Å². The van der Waals surface area contributed by atoms with Crippen molar-refractivity contribution in [2.75, 3.05) is 5.32 Å². The van der Waals surface area contributed by atoms with Gasteiger partial charge in [0.2, 0.25) is 5.91 Å². The number of hydrogen-bond donors (Lipinski definition) is 1. The minimum absolute atomic E-state index is 0.0974. The highest BCUT2D eigenvalue weighted by Crippen LogP contribution is 2.38. The molecule has 2 aliphatic heterocycles. The lowest BCUT2D eigenvalue weighted by molar-refractivity contribution is -0.120. The SMILES string of the molecule is CCC(SC1=Nc2ccccc2C2=NC(=O)C(C(C)CC)N12)C(=O)Nc1cccc(Cl)c1. The summed E-state index contributed by atoms with van der Waals surface area (Å²) in [5, 5.41) is 3.74. The van der Waals surface area contributed by atoms with E-state index in [0.717, 1.165) is 17.7 Å². The van der Waals surface area contributed by atoms with Gasteiger partial charge in [0.15, 0.2) is 5.17 Å². The summed E-state index contributed by atoms with van der Waals surface area (Å²) in [6.45, 7) is 6.07. The average Bonchev–Trinajstić information content (AvgIpc) is 3.14. The van der Waals surface area contributed by atoms with Gasteiger partial charge in [-0.25, -0.2) is 4.99 Å². The number of anilines is 1. The zero-order valence-electron chi connectivity index (χ0n) is 18.2. The molecule has 6 nitrogen and oxygen atoms in total. The summed E-state index contributed by atoms with van der Waals surface area (Å²) in [6.07, 6.45) is 1.43. The van der Waals surface area contributed by atoms with Gasteiger partial charge in [0, 0.05) is 16.3 Å². The van der Waals surface area contributed by atoms with Crippen molar-refractivity contribution in [3.8, 4) is 0 Å². The van der Waals surface area contributed by atoms with E-state index in [9.17, 15) is 9.59 Å². The third-order valence-corrected chi connectivity index (χ3v) is 7.29. The summed E-state index contributed by atoms with van der Waals surface area (Å²) >= 11 is 7.42. The molecule has 0 fully saturated rings. The molecule has 3 atom stereocenters. The Morgan fingerprint density at radius 2 is 1.94 bits per heavy atom. The van der Waals surface area contributed by atoms with Gasteiger partial charge in [-0.05, 0) is 42.7 Å². The number of rotatable bonds is 6. The number of carbonyl (C=O) groups excluding carboxylic acids is 2. The molecule has 2 amide bonds. The Labute approximate surface area is 197 Å². The maximum atomic E-state index is 13.1. The van der Waals surface area contributed by atoms with E-state index in [1.165, 1.54) is 11.8 Å². The van der Waals surface area contributed by atoms with E-state index in [1.54, 1.807) is 24.3 Å². The number of halogens is 1. The third kappa shape index (κ3) is 4.32. The van der Waals surface area contributed by atoms with Crippen LogP contribution in [0.25, 0.3) is 0 Å². The molecule has 1 N–H and O–H groups in total. The maximum absolute atomic E-state index is 13.1. The first-order valence-corrected chi connectivity index (χ1v) is 12.0. The first kappa shape index (κ1) is 22.6. The van der Waals surface area contributed by atoms with Crippen LogP contribution in [0.4, 0.5) is 11.4 Å². The topological polar surface area (TPSA) is 74.1 Å². The molecule has 0 bridgehead atoms. The molecule has 2 aliphatic rings. The Morgan fingerprint density at radius 1 is 1.16 bits per heavy atom. The van der Waals surface area contributed by atoms with Gasteiger partial charge in [0.05, 0.1) is 10.9 Å². The molecule has 2 aromatic rings. The molecule has 2 heterocycles. The van der Waals surface area contributed by atoms with Crippen LogP contribution in [0.15, 0.2) is 58.5 Å². The molecule has 0 aliphatic carbocycles. The van der Waals surface area contributed by atoms with Crippen LogP contribution in [0.5, 0.6) is 0 Å². The molecule has 0 saturated carbocycles. The van der Waals surface area contributed by atoms with E-state index in [1.807, 2.05) is 43.0 Å². The number of aliphatic imine (C=N–C) groups is 2. The Bertz CT molecular complexity index is 1120. The lowest BCUT2D eigenvalue weighted by Crippen LogP contribution is -2.47. The minimum Gasteiger partial charge on any atom is -0.325 e. The number of nitrogens with zero attached hydrogens (tertiary/aromatic N) is 3. The van der Waals surface area contributed by atoms with Crippen LogP contribution in [0.1, 0.15) is 39.2 Å². The van der Waals surface area contributed by atoms with E-state index >= 15 is 0 Å². The number of hydrogen-bond acceptors (Lipinski definition) is 5. The van der Waals surface area contributed by atoms with Crippen LogP contribution in [-0.4, -0.2) is 39.0 Å². The van der Waals surface area contributed by atoms with Gasteiger partial charge in [-0.3, -0.25) is 14.5 Å². The molecule has 4 rings (SSSR count). The minimum atomic E-state index is -0.414. The molecule has 32 heavy (non-hydrogen) atoms. The van der Waals surface area contributed by atoms with Gasteiger partial charge in [-0.2, -0.15) is 4.99 Å². The van der Waals surface area contributed by atoms with E-state index in [0.29, 0.717) is 28.1 Å². The average molecular weight is 469 g/mol. The number of thioether (sulfide) groups is 1. The van der Waals surface area contributed by atoms with Gasteiger partial charge < -0.3 is 5.32 Å². The van der Waals surface area contributed by atoms with Crippen LogP contribution in [0.2, 0.25) is 5.02 Å². The molecule has 2 aromatic carbocycles. The zero-order chi connectivity index (χ0) is 22.8. The first-order valence-electron chi connectivity index (χ1n) is 10.8. The van der Waals surface area contributed by atoms with E-state index in [4.69, 9.17) is 16.6 Å². The van der Waals surface area contributed by atoms with Crippen molar-refractivity contribution in [3.05, 3.63) is 59.1 Å². The second kappa shape index (κ2) is 9.46. The Hall–Kier alpha value is -2.64. The summed E-state index contributed by atoms with van der Waals surface area (Å²) < 4.78 is 0. The predicted molar refractivity (Wildman–Crippen MR) is 132 cm³/mol. The smallest absolute Gasteiger partial charge is 0.271 e. The van der Waals surface area contributed by atoms with Crippen LogP contribution in [0.3, 0.4) is 0 Å². The van der Waals surface area contributed by atoms with Crippen molar-refractivity contribution in [2.45, 2.75) is 44.9 Å². The standard InChI is InChI=1S/C24H25ClN4O2S/c1-4-14(3)20-23(31)28-21-17-11-6-7-12-18(17)27-24(29(20)21)32-19(5-2)22(30)26-16-10-8-9-15(25)13-16/h6-14,19-20H,4-5H2,1-3H3,(H,26,30). The largest absolute Gasteiger partial charge is 0.325 e. The quantitative estimate of drug-likeness (QED) is 0.607. The summed E-state index contributed by atoms with van der Waals surface area (Å²) in [4.78, 5) is 37.1. The number of fused-ring (bicyclic) bond motifs is 3. The second-order valence-corrected chi connectivity index (χ2v) is 9.51. The monoisotopic (exact) mass is 468 g/mol. The molecule has 8 heteroatoms. The molecule has 3 unspecified atom stereocenters. The van der Waals surface area contributed by atoms with Crippen molar-refractivity contribution >= 4 is 57.6 Å². The van der Waals surface area contributed by atoms with Crippen LogP contribution in [0, 0.1) is 5.92 Å². The second-order valence-electron chi connectivity index (χ2n) is 7.90. The fourth-order valence-electron chi connectivity index (χ4n) is 3.83. The number of nitrogens with one attached hydrogen (secondary N) is 1. The molecular formula is C24H25ClN4O2S. The van der Waals surface area contributed by atoms with Crippen molar-refractivity contribution in [1.29, 1.82) is 0 Å². The highest BCUT2D eigenvalue weighted by molar-refractivity contribution is 8.15. The lowest BCUT2D eigenvalue weighted by atomic mass is 9.97. The summed E-state index contributed by atoms with van der Waals surface area (Å²) in [7, 11) is 0. The van der Waals surface area contributed by atoms with Crippen LogP contribution < -0.4 is 5.32 Å². The van der Waals surface area contributed by atoms with Gasteiger partial charge in [-0.15, -0.1) is 0 Å². The number of para-hydroxylation sites is 1. The number of amidine groups is 2. The molecule has 0 spiro atoms.